The standard InChI is InChI=1S/C25H18N6O5S/c32-22(29-18-3-5-19(6-4-18)37(35,36)30-25-27-10-1-11-28-25)17-2-7-20-21(14-17)24(34)31(23(20)33)15-16-8-12-26-13-9-16/h1-14H,15H2,(H2,27,28,29,30,32). The maximum atomic E-state index is 12.9. The second-order valence-electron chi connectivity index (χ2n) is 7.96. The largest absolute Gasteiger partial charge is 0.366 e. The number of nitrogens with zero attached hydrogens (tertiary/aromatic N) is 4. The predicted octanol–water partition coefficient (Wildman–Crippen LogP) is 2.73. The van der Waals surface area contributed by atoms with Crippen molar-refractivity contribution in [2.45, 2.75) is 11.4 Å². The fraction of sp³-hybridized carbons (Fsp3) is 0.0400. The highest BCUT2D eigenvalue weighted by Crippen LogP contribution is 2.27. The van der Waals surface area contributed by atoms with Crippen LogP contribution in [0.15, 0.2) is 90.3 Å². The lowest BCUT2D eigenvalue weighted by Gasteiger charge is -2.13. The second kappa shape index (κ2) is 9.59. The molecule has 184 valence electrons. The summed E-state index contributed by atoms with van der Waals surface area (Å²) < 4.78 is 28.5. The summed E-state index contributed by atoms with van der Waals surface area (Å²) >= 11 is 0. The van der Waals surface area contributed by atoms with Crippen molar-refractivity contribution in [2.24, 2.45) is 0 Å². The van der Waals surface area contributed by atoms with Crippen molar-refractivity contribution in [1.29, 1.82) is 0 Å². The Hall–Kier alpha value is -4.97. The number of imide groups is 1. The molecular formula is C25H18N6O5S. The van der Waals surface area contributed by atoms with Crippen LogP contribution in [0.2, 0.25) is 0 Å². The normalized spacial score (nSPS) is 12.8. The molecule has 0 radical (unpaired) electrons. The van der Waals surface area contributed by atoms with Crippen LogP contribution in [0, 0.1) is 0 Å². The Morgan fingerprint density at radius 3 is 2.30 bits per heavy atom. The minimum absolute atomic E-state index is 0.101. The summed E-state index contributed by atoms with van der Waals surface area (Å²) in [5.41, 5.74) is 1.64. The summed E-state index contributed by atoms with van der Waals surface area (Å²) in [6, 6.07) is 14.8. The van der Waals surface area contributed by atoms with Gasteiger partial charge in [0.05, 0.1) is 22.6 Å². The van der Waals surface area contributed by atoms with Crippen LogP contribution in [-0.2, 0) is 16.6 Å². The first kappa shape index (κ1) is 23.8. The molecule has 0 fully saturated rings. The van der Waals surface area contributed by atoms with E-state index in [2.05, 4.69) is 25.0 Å². The second-order valence-corrected chi connectivity index (χ2v) is 9.56. The van der Waals surface area contributed by atoms with Crippen LogP contribution in [0.1, 0.15) is 36.6 Å². The van der Waals surface area contributed by atoms with Crippen LogP contribution < -0.4 is 10.3 Å². The first-order chi connectivity index (χ1) is 17.8. The molecule has 1 aliphatic heterocycles. The summed E-state index contributed by atoms with van der Waals surface area (Å²) in [6.07, 6.45) is 6.15. The summed E-state index contributed by atoms with van der Waals surface area (Å²) in [5.74, 6) is -1.63. The molecule has 3 amide bonds. The zero-order valence-corrected chi connectivity index (χ0v) is 19.8. The maximum absolute atomic E-state index is 12.9. The number of carbonyl (C=O) groups excluding carboxylic acids is 3. The fourth-order valence-electron chi connectivity index (χ4n) is 3.70. The molecule has 0 saturated carbocycles. The number of anilines is 1. The third-order valence-electron chi connectivity index (χ3n) is 5.52. The van der Waals surface area contributed by atoms with E-state index in [1.807, 2.05) is 0 Å². The summed E-state index contributed by atoms with van der Waals surface area (Å²) in [4.78, 5) is 49.9. The lowest BCUT2D eigenvalue weighted by molar-refractivity contribution is -0.378. The lowest BCUT2D eigenvalue weighted by atomic mass is 10.1. The van der Waals surface area contributed by atoms with Gasteiger partial charge in [-0.1, -0.05) is 6.07 Å². The number of hydrogen-bond acceptors (Lipinski definition) is 7. The van der Waals surface area contributed by atoms with Gasteiger partial charge < -0.3 is 15.3 Å². The molecule has 11 nitrogen and oxygen atoms in total. The van der Waals surface area contributed by atoms with Crippen molar-refractivity contribution in [3.8, 4) is 0 Å². The van der Waals surface area contributed by atoms with E-state index in [0.717, 1.165) is 10.5 Å². The molecule has 2 aromatic carbocycles. The first-order valence-corrected chi connectivity index (χ1v) is 12.4. The molecule has 2 N–H and O–H groups in total. The van der Waals surface area contributed by atoms with E-state index in [-0.39, 0.29) is 34.1 Å². The Labute approximate surface area is 211 Å². The number of pyridine rings is 1. The molecule has 1 aliphatic rings. The summed E-state index contributed by atoms with van der Waals surface area (Å²) in [6.45, 7) is 0.112. The molecule has 2 aromatic heterocycles. The summed E-state index contributed by atoms with van der Waals surface area (Å²) in [5, 5.41) is 2.65. The zero-order chi connectivity index (χ0) is 26.0. The Bertz CT molecular complexity index is 1610. The van der Waals surface area contributed by atoms with Gasteiger partial charge >= 0.3 is 0 Å². The van der Waals surface area contributed by atoms with Crippen molar-refractivity contribution >= 4 is 39.4 Å². The van der Waals surface area contributed by atoms with Gasteiger partial charge in [0, 0.05) is 29.3 Å². The maximum Gasteiger partial charge on any atom is 0.261 e. The molecule has 3 heterocycles. The Kier molecular flexibility index (Phi) is 6.15. The van der Waals surface area contributed by atoms with Gasteiger partial charge in [-0.05, 0) is 60.4 Å². The molecule has 12 heteroatoms. The van der Waals surface area contributed by atoms with Crippen LogP contribution >= 0.6 is 0 Å². The molecule has 37 heavy (non-hydrogen) atoms. The van der Waals surface area contributed by atoms with Crippen LogP contribution in [0.4, 0.5) is 11.6 Å². The van der Waals surface area contributed by atoms with Gasteiger partial charge in [-0.25, -0.2) is 13.4 Å². The van der Waals surface area contributed by atoms with Gasteiger partial charge in [-0.3, -0.25) is 24.0 Å². The molecule has 0 atom stereocenters. The van der Waals surface area contributed by atoms with E-state index >= 15 is 0 Å². The van der Waals surface area contributed by atoms with E-state index < -0.39 is 27.7 Å². The number of fused-ring (bicyclic) bond motifs is 1. The number of aromatic amines is 1. The molecule has 0 unspecified atom stereocenters. The topological polar surface area (TPSA) is 155 Å². The van der Waals surface area contributed by atoms with E-state index in [4.69, 9.17) is 0 Å². The Morgan fingerprint density at radius 2 is 1.59 bits per heavy atom. The average Bonchev–Trinajstić information content (AvgIpc) is 3.14. The lowest BCUT2D eigenvalue weighted by Crippen LogP contribution is -2.29. The Balaban J connectivity index is 1.29. The molecule has 4 aromatic rings. The highest BCUT2D eigenvalue weighted by Gasteiger charge is 2.36. The molecule has 0 saturated heterocycles. The quantitative estimate of drug-likeness (QED) is 0.372. The fourth-order valence-corrected chi connectivity index (χ4v) is 4.59. The van der Waals surface area contributed by atoms with Gasteiger partial charge in [0.2, 0.25) is 10.0 Å². The molecular weight excluding hydrogens is 496 g/mol. The molecule has 0 aliphatic carbocycles. The minimum atomic E-state index is -4.05. The molecule has 5 rings (SSSR count). The highest BCUT2D eigenvalue weighted by atomic mass is 32.2. The molecule has 0 spiro atoms. The SMILES string of the molecule is O=C(Nc1ccc(S(=O)(=O)[N-]c2ncccn2)cc1)c1ccc2c(c1)C(=O)N(Cc1cc[nH+]cc1)C2=O. The third-order valence-corrected chi connectivity index (χ3v) is 6.80. The highest BCUT2D eigenvalue weighted by molar-refractivity contribution is 7.94. The number of hydrogen-bond donors (Lipinski definition) is 1. The number of aromatic nitrogens is 3. The van der Waals surface area contributed by atoms with Crippen LogP contribution in [0.25, 0.3) is 4.72 Å². The van der Waals surface area contributed by atoms with Gasteiger partial charge in [0.15, 0.2) is 12.4 Å². The average molecular weight is 515 g/mol. The number of rotatable bonds is 7. The van der Waals surface area contributed by atoms with Crippen molar-refractivity contribution in [3.05, 3.63) is 112 Å². The molecule has 0 bridgehead atoms. The number of benzene rings is 2. The van der Waals surface area contributed by atoms with Crippen LogP contribution in [0.5, 0.6) is 0 Å². The predicted molar refractivity (Wildman–Crippen MR) is 130 cm³/mol. The number of nitrogens with one attached hydrogen (secondary N) is 2. The van der Waals surface area contributed by atoms with Crippen LogP contribution in [0.3, 0.4) is 0 Å². The zero-order valence-electron chi connectivity index (χ0n) is 19.0. The number of amides is 3. The monoisotopic (exact) mass is 514 g/mol. The van der Waals surface area contributed by atoms with Crippen molar-refractivity contribution < 1.29 is 27.8 Å². The smallest absolute Gasteiger partial charge is 0.261 e. The van der Waals surface area contributed by atoms with Crippen LogP contribution in [-0.4, -0.2) is 41.0 Å². The minimum Gasteiger partial charge on any atom is -0.366 e. The van der Waals surface area contributed by atoms with E-state index in [1.165, 1.54) is 60.9 Å². The van der Waals surface area contributed by atoms with Gasteiger partial charge in [-0.2, -0.15) is 0 Å². The van der Waals surface area contributed by atoms with E-state index in [0.29, 0.717) is 5.69 Å². The number of sulfonamides is 1. The van der Waals surface area contributed by atoms with Crippen molar-refractivity contribution in [2.75, 3.05) is 5.32 Å². The van der Waals surface area contributed by atoms with Gasteiger partial charge in [0.1, 0.15) is 0 Å². The third kappa shape index (κ3) is 4.90. The first-order valence-electron chi connectivity index (χ1n) is 10.9. The van der Waals surface area contributed by atoms with E-state index in [9.17, 15) is 22.8 Å². The van der Waals surface area contributed by atoms with Gasteiger partial charge in [-0.15, -0.1) is 0 Å². The number of carbonyl (C=O) groups is 3. The van der Waals surface area contributed by atoms with Crippen molar-refractivity contribution in [1.82, 2.24) is 14.9 Å². The van der Waals surface area contributed by atoms with E-state index in [1.54, 1.807) is 24.5 Å². The Morgan fingerprint density at radius 1 is 0.919 bits per heavy atom. The summed E-state index contributed by atoms with van der Waals surface area (Å²) in [7, 11) is -4.05. The van der Waals surface area contributed by atoms with Gasteiger partial charge in [0.25, 0.3) is 17.7 Å². The number of H-pyrrole nitrogens is 1. The van der Waals surface area contributed by atoms with Crippen molar-refractivity contribution in [3.63, 3.8) is 0 Å².